The van der Waals surface area contributed by atoms with Crippen molar-refractivity contribution in [2.75, 3.05) is 18.5 Å². The lowest BCUT2D eigenvalue weighted by Crippen LogP contribution is -2.37. The van der Waals surface area contributed by atoms with E-state index in [2.05, 4.69) is 13.8 Å². The summed E-state index contributed by atoms with van der Waals surface area (Å²) in [6, 6.07) is 7.91. The van der Waals surface area contributed by atoms with Crippen LogP contribution in [0.3, 0.4) is 0 Å². The average molecular weight is 248 g/mol. The lowest BCUT2D eigenvalue weighted by Gasteiger charge is -2.25. The van der Waals surface area contributed by atoms with Crippen molar-refractivity contribution in [3.63, 3.8) is 0 Å². The van der Waals surface area contributed by atoms with Crippen LogP contribution in [0.2, 0.25) is 0 Å². The zero-order valence-corrected chi connectivity index (χ0v) is 11.8. The first-order chi connectivity index (χ1) is 8.47. The van der Waals surface area contributed by atoms with E-state index in [4.69, 9.17) is 5.73 Å². The van der Waals surface area contributed by atoms with Crippen molar-refractivity contribution < 1.29 is 4.79 Å². The van der Waals surface area contributed by atoms with E-state index in [1.54, 1.807) is 4.90 Å². The maximum atomic E-state index is 12.4. The Hall–Kier alpha value is -1.35. The fourth-order valence-corrected chi connectivity index (χ4v) is 2.20. The second-order valence-corrected chi connectivity index (χ2v) is 5.25. The molecule has 0 aliphatic heterocycles. The maximum Gasteiger partial charge on any atom is 0.231 e. The minimum Gasteiger partial charge on any atom is -0.330 e. The Labute approximate surface area is 110 Å². The molecule has 1 amide bonds. The van der Waals surface area contributed by atoms with Gasteiger partial charge >= 0.3 is 0 Å². The molecule has 1 aromatic rings. The van der Waals surface area contributed by atoms with Gasteiger partial charge in [-0.25, -0.2) is 0 Å². The third-order valence-electron chi connectivity index (χ3n) is 3.20. The van der Waals surface area contributed by atoms with Gasteiger partial charge in [-0.05, 0) is 30.9 Å². The molecular weight excluding hydrogens is 224 g/mol. The summed E-state index contributed by atoms with van der Waals surface area (Å²) in [7, 11) is 1.83. The van der Waals surface area contributed by atoms with E-state index < -0.39 is 0 Å². The third kappa shape index (κ3) is 3.57. The monoisotopic (exact) mass is 248 g/mol. The number of carbonyl (C=O) groups is 1. The van der Waals surface area contributed by atoms with Crippen molar-refractivity contribution in [2.45, 2.75) is 27.2 Å². The van der Waals surface area contributed by atoms with Gasteiger partial charge in [0.05, 0.1) is 5.92 Å². The zero-order chi connectivity index (χ0) is 13.7. The highest BCUT2D eigenvalue weighted by Gasteiger charge is 2.23. The zero-order valence-electron chi connectivity index (χ0n) is 11.8. The first kappa shape index (κ1) is 14.7. The Morgan fingerprint density at radius 3 is 2.44 bits per heavy atom. The van der Waals surface area contributed by atoms with E-state index in [0.29, 0.717) is 12.5 Å². The highest BCUT2D eigenvalue weighted by molar-refractivity contribution is 5.95. The van der Waals surface area contributed by atoms with Crippen molar-refractivity contribution in [2.24, 2.45) is 17.6 Å². The molecule has 18 heavy (non-hydrogen) atoms. The Morgan fingerprint density at radius 2 is 1.94 bits per heavy atom. The van der Waals surface area contributed by atoms with Crippen molar-refractivity contribution in [3.05, 3.63) is 29.8 Å². The Morgan fingerprint density at radius 1 is 1.33 bits per heavy atom. The number of nitrogens with two attached hydrogens (primary N) is 1. The summed E-state index contributed by atoms with van der Waals surface area (Å²) in [5.74, 6) is 0.503. The normalized spacial score (nSPS) is 12.6. The van der Waals surface area contributed by atoms with Gasteiger partial charge < -0.3 is 10.6 Å². The summed E-state index contributed by atoms with van der Waals surface area (Å²) >= 11 is 0. The van der Waals surface area contributed by atoms with Crippen molar-refractivity contribution >= 4 is 11.6 Å². The number of para-hydroxylation sites is 1. The summed E-state index contributed by atoms with van der Waals surface area (Å²) < 4.78 is 0. The quantitative estimate of drug-likeness (QED) is 0.870. The molecule has 3 heteroatoms. The smallest absolute Gasteiger partial charge is 0.231 e. The van der Waals surface area contributed by atoms with Gasteiger partial charge in [0, 0.05) is 19.3 Å². The predicted molar refractivity (Wildman–Crippen MR) is 76.6 cm³/mol. The number of nitrogens with zero attached hydrogens (tertiary/aromatic N) is 1. The van der Waals surface area contributed by atoms with Crippen LogP contribution >= 0.6 is 0 Å². The molecule has 1 rings (SSSR count). The van der Waals surface area contributed by atoms with E-state index in [1.807, 2.05) is 38.2 Å². The molecule has 1 unspecified atom stereocenters. The van der Waals surface area contributed by atoms with E-state index in [0.717, 1.165) is 17.7 Å². The number of anilines is 1. The first-order valence-electron chi connectivity index (χ1n) is 6.50. The van der Waals surface area contributed by atoms with Gasteiger partial charge in [-0.15, -0.1) is 0 Å². The number of hydrogen-bond donors (Lipinski definition) is 1. The summed E-state index contributed by atoms with van der Waals surface area (Å²) in [6.07, 6.45) is 0.839. The number of amides is 1. The topological polar surface area (TPSA) is 46.3 Å². The largest absolute Gasteiger partial charge is 0.330 e. The van der Waals surface area contributed by atoms with Gasteiger partial charge in [0.15, 0.2) is 0 Å². The van der Waals surface area contributed by atoms with Crippen LogP contribution in [0.4, 0.5) is 5.69 Å². The molecule has 0 fully saturated rings. The fraction of sp³-hybridized carbons (Fsp3) is 0.533. The Balaban J connectivity index is 2.86. The number of rotatable bonds is 5. The van der Waals surface area contributed by atoms with Crippen LogP contribution in [-0.2, 0) is 4.79 Å². The molecule has 0 heterocycles. The molecule has 0 aromatic heterocycles. The summed E-state index contributed by atoms with van der Waals surface area (Å²) in [6.45, 7) is 6.65. The molecule has 100 valence electrons. The maximum absolute atomic E-state index is 12.4. The van der Waals surface area contributed by atoms with Crippen molar-refractivity contribution in [1.29, 1.82) is 0 Å². The van der Waals surface area contributed by atoms with Crippen molar-refractivity contribution in [1.82, 2.24) is 0 Å². The summed E-state index contributed by atoms with van der Waals surface area (Å²) in [5.41, 5.74) is 7.80. The SMILES string of the molecule is Cc1ccccc1N(C)C(=O)C(CN)CC(C)C. The predicted octanol–water partition coefficient (Wildman–Crippen LogP) is 2.58. The number of aryl methyl sites for hydroxylation is 1. The molecule has 2 N–H and O–H groups in total. The molecule has 1 atom stereocenters. The Bertz CT molecular complexity index is 401. The van der Waals surface area contributed by atoms with Crippen LogP contribution in [0, 0.1) is 18.8 Å². The number of hydrogen-bond acceptors (Lipinski definition) is 2. The minimum absolute atomic E-state index is 0.0883. The third-order valence-corrected chi connectivity index (χ3v) is 3.20. The van der Waals surface area contributed by atoms with Gasteiger partial charge in [0.25, 0.3) is 0 Å². The molecular formula is C15H24N2O. The number of carbonyl (C=O) groups excluding carboxylic acids is 1. The average Bonchev–Trinajstić information content (AvgIpc) is 2.34. The molecule has 0 spiro atoms. The van der Waals surface area contributed by atoms with Crippen molar-refractivity contribution in [3.8, 4) is 0 Å². The van der Waals surface area contributed by atoms with Crippen LogP contribution in [0.1, 0.15) is 25.8 Å². The van der Waals surface area contributed by atoms with E-state index in [-0.39, 0.29) is 11.8 Å². The molecule has 0 saturated heterocycles. The van der Waals surface area contributed by atoms with E-state index in [1.165, 1.54) is 0 Å². The molecule has 0 aliphatic rings. The summed E-state index contributed by atoms with van der Waals surface area (Å²) in [5, 5.41) is 0. The first-order valence-corrected chi connectivity index (χ1v) is 6.50. The van der Waals surface area contributed by atoms with Crippen LogP contribution in [0.25, 0.3) is 0 Å². The lowest BCUT2D eigenvalue weighted by molar-refractivity contribution is -0.122. The highest BCUT2D eigenvalue weighted by Crippen LogP contribution is 2.21. The van der Waals surface area contributed by atoms with Gasteiger partial charge in [-0.1, -0.05) is 32.0 Å². The highest BCUT2D eigenvalue weighted by atomic mass is 16.2. The number of benzene rings is 1. The van der Waals surface area contributed by atoms with Crippen LogP contribution < -0.4 is 10.6 Å². The molecule has 1 aromatic carbocycles. The molecule has 0 bridgehead atoms. The standard InChI is InChI=1S/C15H24N2O/c1-11(2)9-13(10-16)15(18)17(4)14-8-6-5-7-12(14)3/h5-8,11,13H,9-10,16H2,1-4H3. The molecule has 3 nitrogen and oxygen atoms in total. The van der Waals surface area contributed by atoms with E-state index in [9.17, 15) is 4.79 Å². The van der Waals surface area contributed by atoms with Crippen LogP contribution in [-0.4, -0.2) is 19.5 Å². The van der Waals surface area contributed by atoms with Crippen LogP contribution in [0.15, 0.2) is 24.3 Å². The fourth-order valence-electron chi connectivity index (χ4n) is 2.20. The van der Waals surface area contributed by atoms with Gasteiger partial charge in [0.1, 0.15) is 0 Å². The summed E-state index contributed by atoms with van der Waals surface area (Å²) in [4.78, 5) is 14.1. The van der Waals surface area contributed by atoms with Gasteiger partial charge in [-0.2, -0.15) is 0 Å². The minimum atomic E-state index is -0.0883. The van der Waals surface area contributed by atoms with Crippen LogP contribution in [0.5, 0.6) is 0 Å². The molecule has 0 aliphatic carbocycles. The Kier molecular flexibility index (Phi) is 5.35. The lowest BCUT2D eigenvalue weighted by atomic mass is 9.95. The second kappa shape index (κ2) is 6.55. The van der Waals surface area contributed by atoms with E-state index >= 15 is 0 Å². The molecule has 0 radical (unpaired) electrons. The van der Waals surface area contributed by atoms with Gasteiger partial charge in [-0.3, -0.25) is 4.79 Å². The molecule has 0 saturated carbocycles. The second-order valence-electron chi connectivity index (χ2n) is 5.25. The van der Waals surface area contributed by atoms with Gasteiger partial charge in [0.2, 0.25) is 5.91 Å².